The monoisotopic (exact) mass is 1720 g/mol. The van der Waals surface area contributed by atoms with Gasteiger partial charge in [-0.3, -0.25) is 0 Å². The normalized spacial score (nSPS) is 34.0. The molecule has 12 saturated carbocycles. The van der Waals surface area contributed by atoms with Crippen molar-refractivity contribution in [2.45, 2.75) is 427 Å². The van der Waals surface area contributed by atoms with Gasteiger partial charge in [0.2, 0.25) is 0 Å². The van der Waals surface area contributed by atoms with E-state index in [2.05, 4.69) is 265 Å². The Labute approximate surface area is 794 Å². The van der Waals surface area contributed by atoms with Crippen molar-refractivity contribution in [3.8, 4) is 0 Å². The van der Waals surface area contributed by atoms with Gasteiger partial charge in [-0.2, -0.15) is 0 Å². The predicted molar refractivity (Wildman–Crippen MR) is 575 cm³/mol. The lowest BCUT2D eigenvalue weighted by Gasteiger charge is -2.37. The van der Waals surface area contributed by atoms with Crippen molar-refractivity contribution in [1.82, 2.24) is 0 Å². The first-order valence-electron chi connectivity index (χ1n) is 54.7. The molecule has 0 amide bonds. The third kappa shape index (κ3) is 32.2. The van der Waals surface area contributed by atoms with E-state index in [1.807, 2.05) is 0 Å². The molecule has 12 aliphatic carbocycles. The lowest BCUT2D eigenvalue weighted by atomic mass is 9.68. The molecule has 126 heavy (non-hydrogen) atoms. The molecule has 0 aliphatic heterocycles. The summed E-state index contributed by atoms with van der Waals surface area (Å²) < 4.78 is 0. The van der Waals surface area contributed by atoms with Crippen LogP contribution in [0.4, 0.5) is 0 Å². The average Bonchev–Trinajstić information content (AvgIpc) is 0.847. The molecule has 0 atom stereocenters. The molecular formula is C126H210. The van der Waals surface area contributed by atoms with Crippen LogP contribution < -0.4 is 0 Å². The van der Waals surface area contributed by atoms with Crippen molar-refractivity contribution >= 4 is 0 Å². The van der Waals surface area contributed by atoms with Gasteiger partial charge in [0.25, 0.3) is 0 Å². The number of aryl methyl sites for hydroxylation is 6. The summed E-state index contributed by atoms with van der Waals surface area (Å²) in [5, 5.41) is 0. The molecule has 0 radical (unpaired) electrons. The zero-order valence-electron chi connectivity index (χ0n) is 83.1. The second kappa shape index (κ2) is 51.5. The molecule has 0 heteroatoms. The maximum atomic E-state index is 2.58. The minimum atomic E-state index is 0. The van der Waals surface area contributed by atoms with Gasteiger partial charge >= 0.3 is 0 Å². The molecule has 18 rings (SSSR count). The highest BCUT2D eigenvalue weighted by atomic mass is 14.4. The van der Waals surface area contributed by atoms with Gasteiger partial charge in [0.05, 0.1) is 0 Å². The van der Waals surface area contributed by atoms with E-state index in [1.165, 1.54) is 342 Å². The summed E-state index contributed by atoms with van der Waals surface area (Å²) >= 11 is 0. The smallest absolute Gasteiger partial charge is 0 e. The van der Waals surface area contributed by atoms with E-state index < -0.39 is 0 Å². The van der Waals surface area contributed by atoms with Crippen molar-refractivity contribution < 1.29 is 17.1 Å². The largest absolute Gasteiger partial charge is 0.0851 e. The number of hydrogen-bond acceptors (Lipinski definition) is 0. The van der Waals surface area contributed by atoms with Crippen LogP contribution in [0.2, 0.25) is 0 Å². The molecule has 0 aromatic heterocycles. The molecule has 0 N–H and O–H groups in total. The molecular weight excluding hydrogens is 1510 g/mol. The van der Waals surface area contributed by atoms with Crippen LogP contribution in [-0.2, 0) is 0 Å². The summed E-state index contributed by atoms with van der Waals surface area (Å²) in [5.74, 6) is 22.3. The second-order valence-corrected chi connectivity index (χ2v) is 46.4. The van der Waals surface area contributed by atoms with Gasteiger partial charge in [-0.1, -0.05) is 334 Å². The number of rotatable bonds is 15. The maximum absolute atomic E-state index is 2.58. The fraction of sp³-hybridized carbons (Fsp3) is 0.667. The van der Waals surface area contributed by atoms with Gasteiger partial charge in [0.1, 0.15) is 0 Å². The van der Waals surface area contributed by atoms with Crippen LogP contribution in [0.5, 0.6) is 0 Å². The Morgan fingerprint density at radius 2 is 0.246 bits per heavy atom. The summed E-state index contributed by atoms with van der Waals surface area (Å²) in [6, 6.07) is 55.6. The van der Waals surface area contributed by atoms with Gasteiger partial charge in [-0.25, -0.2) is 0 Å². The summed E-state index contributed by atoms with van der Waals surface area (Å²) in [4.78, 5) is 0. The Hall–Kier alpha value is -5.46. The van der Waals surface area contributed by atoms with Crippen molar-refractivity contribution in [3.05, 3.63) is 249 Å². The van der Waals surface area contributed by atoms with Crippen molar-refractivity contribution in [1.29, 1.82) is 0 Å². The zero-order chi connectivity index (χ0) is 87.9. The highest BCUT2D eigenvalue weighted by molar-refractivity contribution is 5.31. The first-order valence-corrected chi connectivity index (χ1v) is 54.7. The molecule has 0 saturated heterocycles. The predicted octanol–water partition coefficient (Wildman–Crippen LogP) is 41.2. The minimum Gasteiger partial charge on any atom is -0.0851 e. The Balaban J connectivity index is 0.000000814. The van der Waals surface area contributed by atoms with Gasteiger partial charge in [-0.05, 0) is 448 Å². The lowest BCUT2D eigenvalue weighted by molar-refractivity contribution is 0.165. The third-order valence-electron chi connectivity index (χ3n) is 36.3. The summed E-state index contributed by atoms with van der Waals surface area (Å²) in [6.45, 7) is 27.6. The number of hydrogen-bond donors (Lipinski definition) is 0. The van der Waals surface area contributed by atoms with Gasteiger partial charge in [0.15, 0.2) is 0 Å². The summed E-state index contributed by atoms with van der Waals surface area (Å²) in [7, 11) is 0. The molecule has 714 valence electrons. The van der Waals surface area contributed by atoms with Crippen LogP contribution in [-0.4, -0.2) is 0 Å². The second-order valence-electron chi connectivity index (χ2n) is 46.4. The third-order valence-corrected chi connectivity index (χ3v) is 36.3. The maximum Gasteiger partial charge on any atom is 0 e. The molecule has 0 bridgehead atoms. The van der Waals surface area contributed by atoms with E-state index >= 15 is 0 Å². The lowest BCUT2D eigenvalue weighted by Crippen LogP contribution is -2.24. The van der Waals surface area contributed by atoms with Crippen molar-refractivity contribution in [2.24, 2.45) is 107 Å². The Bertz CT molecular complexity index is 3610. The van der Waals surface area contributed by atoms with E-state index in [4.69, 9.17) is 0 Å². The fourth-order valence-electron chi connectivity index (χ4n) is 26.4. The van der Waals surface area contributed by atoms with Gasteiger partial charge < -0.3 is 0 Å². The van der Waals surface area contributed by atoms with Crippen LogP contribution in [0.15, 0.2) is 182 Å². The molecule has 0 nitrogen and oxygen atoms in total. The highest BCUT2D eigenvalue weighted by Crippen LogP contribution is 2.49. The molecule has 0 spiro atoms. The SMILES string of the molecule is Cc1ccc(C2CCC(/C=C/C3CCC(C)CC3)CC2)cc1.Cc1ccc(C2CCC(/C=C/C3CCC(C)CC3)CC2)cc1.Cc1ccc(C2CCC(/C=C/C3CCC(C)CC3)CC2)cc1.Cc1ccc(C2CCC(C3CCC(C)CC3)CC2)cc1.Cc1ccc(C2CCC(C3CCC(C)CC3)CC2)cc1.Cc1ccc(C2CCC(C3CCC(C)CC3)CC2)cc1.[HH].[HH].[HH].[HH].[HH].[HH].[HH].[HH].[HH].[HH].[HH].[HH]. The van der Waals surface area contributed by atoms with E-state index in [0.29, 0.717) is 0 Å². The fourth-order valence-corrected chi connectivity index (χ4v) is 26.4. The Kier molecular flexibility index (Phi) is 40.1. The van der Waals surface area contributed by atoms with Crippen LogP contribution >= 0.6 is 0 Å². The van der Waals surface area contributed by atoms with E-state index in [9.17, 15) is 0 Å². The standard InChI is InChI=1S/3C22H32.3C20H30.12H2/c3*1-17-3-7-19(8-4-17)9-10-20-11-15-22(16-12-20)21-13-5-18(2)6-14-21;3*1-15-3-7-17(8-4-15)19-11-13-20(14-12-19)18-9-5-16(2)6-10-18;;;;;;;;;;;;/h3*5-6,9-10,13-14,17,19-20,22H,3-4,7-8,11-12,15-16H2,1-2H3;3*3-4,7-8,16,18-20H,5-6,9-14H2,1-2H3;12*1H/b3*10-9+;;;;;;;;;;;;;;;. The highest BCUT2D eigenvalue weighted by Gasteiger charge is 2.35. The summed E-state index contributed by atoms with van der Waals surface area (Å²) in [5.41, 5.74) is 17.8. The van der Waals surface area contributed by atoms with Gasteiger partial charge in [0, 0.05) is 17.1 Å². The molecule has 6 aromatic rings. The number of benzene rings is 6. The quantitative estimate of drug-likeness (QED) is 0.0899. The molecule has 0 heterocycles. The van der Waals surface area contributed by atoms with E-state index in [1.54, 1.807) is 33.4 Å². The molecule has 0 unspecified atom stereocenters. The molecule has 6 aromatic carbocycles. The summed E-state index contributed by atoms with van der Waals surface area (Å²) in [6.07, 6.45) is 84.7. The Morgan fingerprint density at radius 1 is 0.143 bits per heavy atom. The minimum absolute atomic E-state index is 0. The number of allylic oxidation sites excluding steroid dienone is 6. The zero-order valence-corrected chi connectivity index (χ0v) is 83.1. The van der Waals surface area contributed by atoms with Crippen molar-refractivity contribution in [3.63, 3.8) is 0 Å². The van der Waals surface area contributed by atoms with E-state index in [0.717, 1.165) is 142 Å². The van der Waals surface area contributed by atoms with Crippen LogP contribution in [0, 0.1) is 148 Å². The Morgan fingerprint density at radius 3 is 0.381 bits per heavy atom. The van der Waals surface area contributed by atoms with Crippen LogP contribution in [0.1, 0.15) is 469 Å². The average molecular weight is 1730 g/mol. The first kappa shape index (κ1) is 98.1. The van der Waals surface area contributed by atoms with Crippen LogP contribution in [0.25, 0.3) is 0 Å². The van der Waals surface area contributed by atoms with E-state index in [-0.39, 0.29) is 17.1 Å². The van der Waals surface area contributed by atoms with Crippen molar-refractivity contribution in [2.75, 3.05) is 0 Å². The molecule has 12 aliphatic rings. The van der Waals surface area contributed by atoms with Gasteiger partial charge in [-0.15, -0.1) is 0 Å². The molecule has 12 fully saturated rings. The first-order chi connectivity index (χ1) is 61.3. The topological polar surface area (TPSA) is 0 Å². The van der Waals surface area contributed by atoms with Crippen LogP contribution in [0.3, 0.4) is 0 Å².